The van der Waals surface area contributed by atoms with Crippen LogP contribution in [0.1, 0.15) is 50.2 Å². The number of thioether (sulfide) groups is 1. The van der Waals surface area contributed by atoms with Gasteiger partial charge < -0.3 is 4.57 Å². The van der Waals surface area contributed by atoms with Crippen molar-refractivity contribution in [3.05, 3.63) is 11.6 Å². The second kappa shape index (κ2) is 5.01. The maximum atomic E-state index is 4.45. The van der Waals surface area contributed by atoms with Gasteiger partial charge in [0.2, 0.25) is 0 Å². The fourth-order valence-electron chi connectivity index (χ4n) is 3.02. The fraction of sp³-hybridized carbons (Fsp3) is 0.846. The Morgan fingerprint density at radius 3 is 3.06 bits per heavy atom. The van der Waals surface area contributed by atoms with E-state index in [1.165, 1.54) is 48.8 Å². The Hall–Kier alpha value is -0.510. The summed E-state index contributed by atoms with van der Waals surface area (Å²) in [6.07, 6.45) is 6.47. The number of nitrogens with zero attached hydrogens (tertiary/aromatic N) is 3. The van der Waals surface area contributed by atoms with Gasteiger partial charge in [-0.05, 0) is 43.1 Å². The minimum Gasteiger partial charge on any atom is -0.315 e. The van der Waals surface area contributed by atoms with Crippen LogP contribution in [0.3, 0.4) is 0 Å². The summed E-state index contributed by atoms with van der Waals surface area (Å²) in [6, 6.07) is 0. The van der Waals surface area contributed by atoms with Gasteiger partial charge in [-0.1, -0.05) is 6.92 Å². The first-order chi connectivity index (χ1) is 8.34. The topological polar surface area (TPSA) is 30.7 Å². The molecule has 2 aliphatic heterocycles. The highest BCUT2D eigenvalue weighted by atomic mass is 32.2. The molecule has 0 aromatic carbocycles. The Bertz CT molecular complexity index is 382. The highest BCUT2D eigenvalue weighted by Gasteiger charge is 2.24. The molecule has 3 heterocycles. The molecule has 0 radical (unpaired) electrons. The first kappa shape index (κ1) is 11.6. The molecule has 94 valence electrons. The van der Waals surface area contributed by atoms with Crippen molar-refractivity contribution in [2.45, 2.75) is 51.5 Å². The van der Waals surface area contributed by atoms with Gasteiger partial charge in [-0.3, -0.25) is 0 Å². The third-order valence-electron chi connectivity index (χ3n) is 4.04. The van der Waals surface area contributed by atoms with E-state index in [9.17, 15) is 0 Å². The lowest BCUT2D eigenvalue weighted by Crippen LogP contribution is -2.20. The lowest BCUT2D eigenvalue weighted by atomic mass is 9.99. The van der Waals surface area contributed by atoms with Crippen LogP contribution >= 0.6 is 11.8 Å². The molecule has 2 atom stereocenters. The van der Waals surface area contributed by atoms with Crippen molar-refractivity contribution in [3.63, 3.8) is 0 Å². The van der Waals surface area contributed by atoms with E-state index in [0.29, 0.717) is 5.92 Å². The summed E-state index contributed by atoms with van der Waals surface area (Å²) < 4.78 is 2.40. The van der Waals surface area contributed by atoms with Crippen molar-refractivity contribution in [2.75, 3.05) is 11.5 Å². The monoisotopic (exact) mass is 251 g/mol. The molecule has 0 amide bonds. The first-order valence-corrected chi connectivity index (χ1v) is 8.00. The molecule has 1 fully saturated rings. The molecular formula is C13H21N3S. The van der Waals surface area contributed by atoms with Crippen molar-refractivity contribution in [1.82, 2.24) is 14.8 Å². The average Bonchev–Trinajstić information content (AvgIpc) is 2.76. The van der Waals surface area contributed by atoms with Crippen LogP contribution in [0.4, 0.5) is 0 Å². The van der Waals surface area contributed by atoms with E-state index >= 15 is 0 Å². The van der Waals surface area contributed by atoms with Crippen molar-refractivity contribution in [2.24, 2.45) is 5.92 Å². The molecule has 2 aliphatic rings. The lowest BCUT2D eigenvalue weighted by Gasteiger charge is -2.23. The maximum Gasteiger partial charge on any atom is 0.135 e. The molecule has 0 aliphatic carbocycles. The fourth-order valence-corrected chi connectivity index (χ4v) is 4.17. The zero-order valence-corrected chi connectivity index (χ0v) is 11.4. The molecule has 1 saturated heterocycles. The Morgan fingerprint density at radius 1 is 1.29 bits per heavy atom. The SMILES string of the molecule is CC1CCCn2c(CC3CCCSC3)nnc21. The predicted octanol–water partition coefficient (Wildman–Crippen LogP) is 2.86. The van der Waals surface area contributed by atoms with Crippen LogP contribution in [-0.4, -0.2) is 26.3 Å². The number of aromatic nitrogens is 3. The molecule has 1 aromatic rings. The minimum absolute atomic E-state index is 0.603. The molecule has 17 heavy (non-hydrogen) atoms. The molecule has 4 heteroatoms. The maximum absolute atomic E-state index is 4.45. The number of hydrogen-bond donors (Lipinski definition) is 0. The first-order valence-electron chi connectivity index (χ1n) is 6.84. The Balaban J connectivity index is 1.74. The molecule has 0 spiro atoms. The highest BCUT2D eigenvalue weighted by Crippen LogP contribution is 2.29. The van der Waals surface area contributed by atoms with Crippen LogP contribution in [0.15, 0.2) is 0 Å². The Kier molecular flexibility index (Phi) is 3.41. The zero-order chi connectivity index (χ0) is 11.7. The van der Waals surface area contributed by atoms with Crippen LogP contribution in [-0.2, 0) is 13.0 Å². The van der Waals surface area contributed by atoms with Crippen LogP contribution in [0.2, 0.25) is 0 Å². The van der Waals surface area contributed by atoms with Crippen LogP contribution < -0.4 is 0 Å². The van der Waals surface area contributed by atoms with E-state index < -0.39 is 0 Å². The van der Waals surface area contributed by atoms with E-state index in [4.69, 9.17) is 0 Å². The van der Waals surface area contributed by atoms with E-state index in [2.05, 4.69) is 33.5 Å². The molecule has 3 nitrogen and oxygen atoms in total. The molecule has 0 bridgehead atoms. The number of fused-ring (bicyclic) bond motifs is 1. The quantitative estimate of drug-likeness (QED) is 0.810. The summed E-state index contributed by atoms with van der Waals surface area (Å²) in [7, 11) is 0. The van der Waals surface area contributed by atoms with Gasteiger partial charge in [-0.25, -0.2) is 0 Å². The second-order valence-corrected chi connectivity index (χ2v) is 6.61. The smallest absolute Gasteiger partial charge is 0.135 e. The van der Waals surface area contributed by atoms with Crippen LogP contribution in [0.25, 0.3) is 0 Å². The largest absolute Gasteiger partial charge is 0.315 e. The van der Waals surface area contributed by atoms with Gasteiger partial charge in [0.1, 0.15) is 11.6 Å². The summed E-state index contributed by atoms with van der Waals surface area (Å²) >= 11 is 2.11. The van der Waals surface area contributed by atoms with Crippen molar-refractivity contribution in [1.29, 1.82) is 0 Å². The third kappa shape index (κ3) is 2.37. The summed E-state index contributed by atoms with van der Waals surface area (Å²) in [5.74, 6) is 6.59. The van der Waals surface area contributed by atoms with Crippen LogP contribution in [0, 0.1) is 5.92 Å². The summed E-state index contributed by atoms with van der Waals surface area (Å²) in [5, 5.41) is 8.86. The summed E-state index contributed by atoms with van der Waals surface area (Å²) in [5.41, 5.74) is 0. The van der Waals surface area contributed by atoms with Crippen molar-refractivity contribution >= 4 is 11.8 Å². The summed E-state index contributed by atoms with van der Waals surface area (Å²) in [6.45, 7) is 3.42. The molecular weight excluding hydrogens is 230 g/mol. The second-order valence-electron chi connectivity index (χ2n) is 5.46. The molecule has 0 N–H and O–H groups in total. The molecule has 2 unspecified atom stereocenters. The minimum atomic E-state index is 0.603. The average molecular weight is 251 g/mol. The van der Waals surface area contributed by atoms with Gasteiger partial charge in [-0.2, -0.15) is 11.8 Å². The molecule has 3 rings (SSSR count). The van der Waals surface area contributed by atoms with Gasteiger partial charge in [-0.15, -0.1) is 10.2 Å². The zero-order valence-electron chi connectivity index (χ0n) is 10.6. The van der Waals surface area contributed by atoms with Gasteiger partial charge >= 0.3 is 0 Å². The normalized spacial score (nSPS) is 29.0. The summed E-state index contributed by atoms with van der Waals surface area (Å²) in [4.78, 5) is 0. The van der Waals surface area contributed by atoms with Crippen LogP contribution in [0.5, 0.6) is 0 Å². The lowest BCUT2D eigenvalue weighted by molar-refractivity contribution is 0.436. The van der Waals surface area contributed by atoms with E-state index in [0.717, 1.165) is 18.9 Å². The highest BCUT2D eigenvalue weighted by molar-refractivity contribution is 7.99. The van der Waals surface area contributed by atoms with E-state index in [1.807, 2.05) is 0 Å². The standard InChI is InChI=1S/C13H21N3S/c1-10-4-2-6-16-12(14-15-13(10)16)8-11-5-3-7-17-9-11/h10-11H,2-9H2,1H3. The number of rotatable bonds is 2. The Labute approximate surface area is 107 Å². The molecule has 0 saturated carbocycles. The Morgan fingerprint density at radius 2 is 2.24 bits per heavy atom. The van der Waals surface area contributed by atoms with E-state index in [-0.39, 0.29) is 0 Å². The third-order valence-corrected chi connectivity index (χ3v) is 5.33. The van der Waals surface area contributed by atoms with Gasteiger partial charge in [0, 0.05) is 18.9 Å². The van der Waals surface area contributed by atoms with E-state index in [1.54, 1.807) is 0 Å². The predicted molar refractivity (Wildman–Crippen MR) is 71.4 cm³/mol. The van der Waals surface area contributed by atoms with Crippen molar-refractivity contribution < 1.29 is 0 Å². The van der Waals surface area contributed by atoms with Gasteiger partial charge in [0.25, 0.3) is 0 Å². The van der Waals surface area contributed by atoms with Crippen molar-refractivity contribution in [3.8, 4) is 0 Å². The van der Waals surface area contributed by atoms with Gasteiger partial charge in [0.15, 0.2) is 0 Å². The van der Waals surface area contributed by atoms with Gasteiger partial charge in [0.05, 0.1) is 0 Å². The molecule has 1 aromatic heterocycles. The number of hydrogen-bond acceptors (Lipinski definition) is 3.